The van der Waals surface area contributed by atoms with Gasteiger partial charge in [0.25, 0.3) is 0 Å². The topological polar surface area (TPSA) is 209 Å². The molecule has 1 rings (SSSR count). The van der Waals surface area contributed by atoms with Crippen molar-refractivity contribution in [1.29, 1.82) is 0 Å². The first-order valence-corrected chi connectivity index (χ1v) is 12.1. The Morgan fingerprint density at radius 2 is 1.75 bits per heavy atom. The Bertz CT molecular complexity index is 722. The van der Waals surface area contributed by atoms with Gasteiger partial charge in [0, 0.05) is 18.4 Å². The number of oxime groups is 1. The molecule has 0 saturated carbocycles. The molecule has 0 aromatic heterocycles. The molecule has 1 aliphatic heterocycles. The molecule has 0 bridgehead atoms. The highest BCUT2D eigenvalue weighted by Gasteiger charge is 2.44. The molecule has 16 heteroatoms. The second-order valence-corrected chi connectivity index (χ2v) is 10.0. The summed E-state index contributed by atoms with van der Waals surface area (Å²) >= 11 is 0.387. The van der Waals surface area contributed by atoms with Crippen LogP contribution in [0.25, 0.3) is 0 Å². The average molecular weight is 470 g/mol. The highest BCUT2D eigenvalue weighted by atomic mass is 32.3. The molecule has 0 spiro atoms. The van der Waals surface area contributed by atoms with Gasteiger partial charge in [0.2, 0.25) is 0 Å². The van der Waals surface area contributed by atoms with Gasteiger partial charge in [-0.3, -0.25) is 8.74 Å². The SMILES string of the molecule is CS(=O)(=O)CCCC/C(=N/OS(=O)(=O)O)SO[C@@H]1O[C@H](CO)[C@@H](O)[C@H](O)[C@H]1O. The molecular formula is C12H23NO12S3. The van der Waals surface area contributed by atoms with Gasteiger partial charge in [-0.1, -0.05) is 5.16 Å². The maximum Gasteiger partial charge on any atom is 0.466 e. The molecule has 13 nitrogen and oxygen atoms in total. The normalized spacial score (nSPS) is 29.6. The van der Waals surface area contributed by atoms with Crippen LogP contribution < -0.4 is 0 Å². The Morgan fingerprint density at radius 1 is 1.11 bits per heavy atom. The van der Waals surface area contributed by atoms with Crippen LogP contribution in [0.3, 0.4) is 0 Å². The van der Waals surface area contributed by atoms with Gasteiger partial charge in [-0.05, 0) is 12.8 Å². The van der Waals surface area contributed by atoms with Crippen LogP contribution in [0.4, 0.5) is 0 Å². The van der Waals surface area contributed by atoms with Crippen LogP contribution in [0, 0.1) is 0 Å². The molecule has 5 N–H and O–H groups in total. The van der Waals surface area contributed by atoms with Crippen LogP contribution in [0.15, 0.2) is 5.16 Å². The zero-order valence-electron chi connectivity index (χ0n) is 14.7. The molecule has 0 aliphatic carbocycles. The molecule has 1 aliphatic rings. The molecule has 0 aromatic carbocycles. The van der Waals surface area contributed by atoms with Gasteiger partial charge in [-0.2, -0.15) is 8.42 Å². The van der Waals surface area contributed by atoms with E-state index >= 15 is 0 Å². The lowest BCUT2D eigenvalue weighted by atomic mass is 10.00. The first kappa shape index (κ1) is 25.5. The number of aliphatic hydroxyl groups is 4. The van der Waals surface area contributed by atoms with Crippen molar-refractivity contribution in [1.82, 2.24) is 0 Å². The van der Waals surface area contributed by atoms with Crippen molar-refractivity contribution < 1.29 is 55.0 Å². The highest BCUT2D eigenvalue weighted by Crippen LogP contribution is 2.26. The molecule has 166 valence electrons. The summed E-state index contributed by atoms with van der Waals surface area (Å²) in [6.45, 7) is -0.673. The van der Waals surface area contributed by atoms with Gasteiger partial charge in [-0.15, -0.1) is 0 Å². The molecule has 1 fully saturated rings. The number of hydrogen-bond donors (Lipinski definition) is 5. The minimum Gasteiger partial charge on any atom is -0.394 e. The average Bonchev–Trinajstić information content (AvgIpc) is 2.58. The summed E-state index contributed by atoms with van der Waals surface area (Å²) in [6, 6.07) is 0. The molecule has 0 radical (unpaired) electrons. The summed E-state index contributed by atoms with van der Waals surface area (Å²) in [4.78, 5) is 0. The standard InChI is InChI=1S/C12H23NO12S3/c1-27(18,19)5-3-2-4-8(13-25-28(20,21)22)26-24-12-11(17)10(16)9(15)7(6-14)23-12/h7,9-12,14-17H,2-6H2,1H3,(H,20,21,22)/b13-8-/t7-,9-,10+,11-,12+/m1/s1. The zero-order chi connectivity index (χ0) is 21.5. The minimum atomic E-state index is -4.89. The fourth-order valence-electron chi connectivity index (χ4n) is 2.08. The lowest BCUT2D eigenvalue weighted by Crippen LogP contribution is -2.58. The van der Waals surface area contributed by atoms with Crippen molar-refractivity contribution in [2.45, 2.75) is 50.0 Å². The van der Waals surface area contributed by atoms with E-state index in [0.29, 0.717) is 12.0 Å². The number of hydrogen-bond acceptors (Lipinski definition) is 13. The van der Waals surface area contributed by atoms with Gasteiger partial charge in [0.15, 0.2) is 6.29 Å². The minimum absolute atomic E-state index is 0.00682. The predicted octanol–water partition coefficient (Wildman–Crippen LogP) is -2.20. The van der Waals surface area contributed by atoms with Crippen LogP contribution in [-0.4, -0.2) is 96.2 Å². The molecular weight excluding hydrogens is 446 g/mol. The van der Waals surface area contributed by atoms with E-state index in [1.54, 1.807) is 0 Å². The molecule has 28 heavy (non-hydrogen) atoms. The van der Waals surface area contributed by atoms with E-state index in [9.17, 15) is 32.2 Å². The Morgan fingerprint density at radius 3 is 2.29 bits per heavy atom. The van der Waals surface area contributed by atoms with Crippen LogP contribution in [0.2, 0.25) is 0 Å². The number of nitrogens with zero attached hydrogens (tertiary/aromatic N) is 1. The third-order valence-corrected chi connectivity index (χ3v) is 5.53. The summed E-state index contributed by atoms with van der Waals surface area (Å²) in [5, 5.41) is 41.4. The van der Waals surface area contributed by atoms with Crippen molar-refractivity contribution in [3.63, 3.8) is 0 Å². The second kappa shape index (κ2) is 11.0. The first-order chi connectivity index (χ1) is 12.8. The van der Waals surface area contributed by atoms with Crippen molar-refractivity contribution in [3.05, 3.63) is 0 Å². The van der Waals surface area contributed by atoms with E-state index < -0.39 is 57.5 Å². The Balaban J connectivity index is 2.71. The van der Waals surface area contributed by atoms with Crippen molar-refractivity contribution in [2.24, 2.45) is 5.16 Å². The highest BCUT2D eigenvalue weighted by molar-refractivity contribution is 8.09. The molecule has 5 atom stereocenters. The van der Waals surface area contributed by atoms with Crippen LogP contribution in [0.5, 0.6) is 0 Å². The van der Waals surface area contributed by atoms with E-state index in [1.165, 1.54) is 0 Å². The maximum atomic E-state index is 11.1. The van der Waals surface area contributed by atoms with Gasteiger partial charge in [-0.25, -0.2) is 12.7 Å². The lowest BCUT2D eigenvalue weighted by Gasteiger charge is -2.39. The van der Waals surface area contributed by atoms with E-state index in [4.69, 9.17) is 18.6 Å². The summed E-state index contributed by atoms with van der Waals surface area (Å²) in [5.41, 5.74) is 0. The summed E-state index contributed by atoms with van der Waals surface area (Å²) < 4.78 is 66.3. The van der Waals surface area contributed by atoms with Gasteiger partial charge in [0.1, 0.15) is 39.3 Å². The molecule has 0 aromatic rings. The summed E-state index contributed by atoms with van der Waals surface area (Å²) in [7, 11) is -8.08. The van der Waals surface area contributed by atoms with Crippen molar-refractivity contribution in [3.8, 4) is 0 Å². The number of rotatable bonds is 10. The Hall–Kier alpha value is -0.560. The quantitative estimate of drug-likeness (QED) is 0.0575. The first-order valence-electron chi connectivity index (χ1n) is 7.88. The maximum absolute atomic E-state index is 11.1. The zero-order valence-corrected chi connectivity index (χ0v) is 17.1. The van der Waals surface area contributed by atoms with Crippen LogP contribution >= 0.6 is 12.0 Å². The fourth-order valence-corrected chi connectivity index (χ4v) is 3.70. The predicted molar refractivity (Wildman–Crippen MR) is 96.1 cm³/mol. The van der Waals surface area contributed by atoms with Crippen molar-refractivity contribution in [2.75, 3.05) is 18.6 Å². The van der Waals surface area contributed by atoms with E-state index in [2.05, 4.69) is 9.44 Å². The molecule has 0 amide bonds. The van der Waals surface area contributed by atoms with E-state index in [-0.39, 0.29) is 30.1 Å². The van der Waals surface area contributed by atoms with E-state index in [0.717, 1.165) is 6.26 Å². The number of ether oxygens (including phenoxy) is 1. The largest absolute Gasteiger partial charge is 0.466 e. The van der Waals surface area contributed by atoms with Gasteiger partial charge >= 0.3 is 10.4 Å². The van der Waals surface area contributed by atoms with Crippen LogP contribution in [0.1, 0.15) is 19.3 Å². The number of sulfone groups is 1. The van der Waals surface area contributed by atoms with Crippen molar-refractivity contribution >= 4 is 37.3 Å². The third-order valence-electron chi connectivity index (χ3n) is 3.48. The van der Waals surface area contributed by atoms with E-state index in [1.807, 2.05) is 0 Å². The van der Waals surface area contributed by atoms with Crippen LogP contribution in [-0.2, 0) is 33.4 Å². The smallest absolute Gasteiger partial charge is 0.394 e. The molecule has 0 unspecified atom stereocenters. The second-order valence-electron chi connectivity index (χ2n) is 5.95. The number of aliphatic hydroxyl groups excluding tert-OH is 4. The molecule has 1 saturated heterocycles. The summed E-state index contributed by atoms with van der Waals surface area (Å²) in [6.07, 6.45) is -6.18. The summed E-state index contributed by atoms with van der Waals surface area (Å²) in [5.74, 6) is -0.113. The Kier molecular flexibility index (Phi) is 10.0. The fraction of sp³-hybridized carbons (Fsp3) is 0.917. The van der Waals surface area contributed by atoms with Gasteiger partial charge in [0.05, 0.1) is 18.6 Å². The Labute approximate surface area is 166 Å². The number of unbranched alkanes of at least 4 members (excludes halogenated alkanes) is 1. The third kappa shape index (κ3) is 9.29. The van der Waals surface area contributed by atoms with Gasteiger partial charge < -0.3 is 25.2 Å². The lowest BCUT2D eigenvalue weighted by molar-refractivity contribution is -0.274. The molecule has 1 heterocycles. The monoisotopic (exact) mass is 469 g/mol.